The van der Waals surface area contributed by atoms with Crippen molar-refractivity contribution in [3.05, 3.63) is 59.7 Å². The number of amides is 1. The second-order valence-electron chi connectivity index (χ2n) is 5.37. The first-order valence-electron chi connectivity index (χ1n) is 7.85. The van der Waals surface area contributed by atoms with Gasteiger partial charge in [-0.15, -0.1) is 0 Å². The summed E-state index contributed by atoms with van der Waals surface area (Å²) in [6.45, 7) is 4.15. The first-order valence-corrected chi connectivity index (χ1v) is 7.85. The maximum atomic E-state index is 12.0. The number of carbonyl (C=O) groups excluding carboxylic acids is 2. The maximum Gasteiger partial charge on any atom is 0.338 e. The molecule has 0 fully saturated rings. The predicted molar refractivity (Wildman–Crippen MR) is 92.3 cm³/mol. The molecule has 0 spiro atoms. The van der Waals surface area contributed by atoms with Crippen molar-refractivity contribution < 1.29 is 19.1 Å². The summed E-state index contributed by atoms with van der Waals surface area (Å²) in [5.74, 6) is -0.0541. The second-order valence-corrected chi connectivity index (χ2v) is 5.37. The Hall–Kier alpha value is -2.82. The largest absolute Gasteiger partial charge is 0.484 e. The molecule has 0 aliphatic heterocycles. The molecule has 2 rings (SSSR count). The highest BCUT2D eigenvalue weighted by Gasteiger charge is 2.09. The number of anilines is 1. The van der Waals surface area contributed by atoms with E-state index < -0.39 is 5.97 Å². The van der Waals surface area contributed by atoms with Crippen LogP contribution in [0.25, 0.3) is 0 Å². The van der Waals surface area contributed by atoms with Gasteiger partial charge in [-0.2, -0.15) is 0 Å². The molecule has 5 heteroatoms. The van der Waals surface area contributed by atoms with E-state index in [-0.39, 0.29) is 12.5 Å². The van der Waals surface area contributed by atoms with Crippen LogP contribution in [0.2, 0.25) is 0 Å². The van der Waals surface area contributed by atoms with Gasteiger partial charge in [0.2, 0.25) is 0 Å². The summed E-state index contributed by atoms with van der Waals surface area (Å²) < 4.78 is 10.5. The molecule has 0 saturated heterocycles. The third kappa shape index (κ3) is 5.43. The van der Waals surface area contributed by atoms with E-state index in [1.165, 1.54) is 0 Å². The normalized spacial score (nSPS) is 10.1. The average Bonchev–Trinajstić information content (AvgIpc) is 2.58. The number of hydrogen-bond donors (Lipinski definition) is 1. The Bertz CT molecular complexity index is 712. The van der Waals surface area contributed by atoms with Crippen LogP contribution in [-0.4, -0.2) is 25.1 Å². The van der Waals surface area contributed by atoms with Crippen LogP contribution in [0.4, 0.5) is 5.69 Å². The summed E-state index contributed by atoms with van der Waals surface area (Å²) in [6, 6.07) is 14.1. The van der Waals surface area contributed by atoms with E-state index in [9.17, 15) is 9.59 Å². The van der Waals surface area contributed by atoms with Gasteiger partial charge in [-0.05, 0) is 49.2 Å². The quantitative estimate of drug-likeness (QED) is 0.790. The van der Waals surface area contributed by atoms with Crippen LogP contribution < -0.4 is 10.1 Å². The number of esters is 1. The standard InChI is InChI=1S/C19H21NO4/c1-3-10-23-19(22)15-7-5-8-16(12-15)20-18(21)13-24-17-9-4-6-14(2)11-17/h4-9,11-12H,3,10,13H2,1-2H3,(H,20,21). The van der Waals surface area contributed by atoms with Crippen LogP contribution in [0.1, 0.15) is 29.3 Å². The Balaban J connectivity index is 1.90. The second kappa shape index (κ2) is 8.72. The van der Waals surface area contributed by atoms with Crippen molar-refractivity contribution in [1.82, 2.24) is 0 Å². The van der Waals surface area contributed by atoms with Gasteiger partial charge < -0.3 is 14.8 Å². The third-order valence-corrected chi connectivity index (χ3v) is 3.18. The zero-order chi connectivity index (χ0) is 17.4. The van der Waals surface area contributed by atoms with E-state index in [1.807, 2.05) is 32.0 Å². The lowest BCUT2D eigenvalue weighted by Crippen LogP contribution is -2.20. The molecule has 0 aromatic heterocycles. The number of nitrogens with one attached hydrogen (secondary N) is 1. The van der Waals surface area contributed by atoms with Crippen molar-refractivity contribution in [3.8, 4) is 5.75 Å². The summed E-state index contributed by atoms with van der Waals surface area (Å²) >= 11 is 0. The fourth-order valence-electron chi connectivity index (χ4n) is 2.05. The molecule has 24 heavy (non-hydrogen) atoms. The summed E-state index contributed by atoms with van der Waals surface area (Å²) in [4.78, 5) is 23.8. The number of rotatable bonds is 7. The van der Waals surface area contributed by atoms with Crippen LogP contribution >= 0.6 is 0 Å². The highest BCUT2D eigenvalue weighted by molar-refractivity contribution is 5.95. The zero-order valence-electron chi connectivity index (χ0n) is 13.9. The van der Waals surface area contributed by atoms with Gasteiger partial charge in [0.25, 0.3) is 5.91 Å². The van der Waals surface area contributed by atoms with Crippen LogP contribution in [0, 0.1) is 6.92 Å². The SMILES string of the molecule is CCCOC(=O)c1cccc(NC(=O)COc2cccc(C)c2)c1. The lowest BCUT2D eigenvalue weighted by molar-refractivity contribution is -0.118. The Morgan fingerprint density at radius 2 is 1.88 bits per heavy atom. The van der Waals surface area contributed by atoms with Crippen molar-refractivity contribution in [2.75, 3.05) is 18.5 Å². The van der Waals surface area contributed by atoms with Gasteiger partial charge in [0, 0.05) is 5.69 Å². The summed E-state index contributed by atoms with van der Waals surface area (Å²) in [5.41, 5.74) is 1.99. The van der Waals surface area contributed by atoms with Crippen molar-refractivity contribution >= 4 is 17.6 Å². The van der Waals surface area contributed by atoms with Crippen LogP contribution in [0.15, 0.2) is 48.5 Å². The van der Waals surface area contributed by atoms with E-state index in [4.69, 9.17) is 9.47 Å². The molecule has 0 heterocycles. The topological polar surface area (TPSA) is 64.6 Å². The summed E-state index contributed by atoms with van der Waals surface area (Å²) in [5, 5.41) is 2.71. The van der Waals surface area contributed by atoms with E-state index >= 15 is 0 Å². The van der Waals surface area contributed by atoms with E-state index in [0.717, 1.165) is 12.0 Å². The van der Waals surface area contributed by atoms with Crippen molar-refractivity contribution in [3.63, 3.8) is 0 Å². The molecule has 1 amide bonds. The molecule has 0 atom stereocenters. The zero-order valence-corrected chi connectivity index (χ0v) is 13.9. The molecule has 0 unspecified atom stereocenters. The molecule has 0 radical (unpaired) electrons. The Morgan fingerprint density at radius 3 is 2.62 bits per heavy atom. The highest BCUT2D eigenvalue weighted by atomic mass is 16.5. The molecule has 2 aromatic carbocycles. The number of ether oxygens (including phenoxy) is 2. The van der Waals surface area contributed by atoms with Gasteiger partial charge in [0.1, 0.15) is 5.75 Å². The highest BCUT2D eigenvalue weighted by Crippen LogP contribution is 2.14. The fraction of sp³-hybridized carbons (Fsp3) is 0.263. The van der Waals surface area contributed by atoms with Crippen molar-refractivity contribution in [2.24, 2.45) is 0 Å². The predicted octanol–water partition coefficient (Wildman–Crippen LogP) is 3.58. The number of hydrogen-bond acceptors (Lipinski definition) is 4. The molecule has 0 aliphatic rings. The average molecular weight is 327 g/mol. The summed E-state index contributed by atoms with van der Waals surface area (Å²) in [6.07, 6.45) is 0.762. The van der Waals surface area contributed by atoms with Crippen LogP contribution in [-0.2, 0) is 9.53 Å². The monoisotopic (exact) mass is 327 g/mol. The minimum atomic E-state index is -0.399. The molecule has 0 aliphatic carbocycles. The van der Waals surface area contributed by atoms with Crippen molar-refractivity contribution in [1.29, 1.82) is 0 Å². The smallest absolute Gasteiger partial charge is 0.338 e. The molecule has 2 aromatic rings. The Labute approximate surface area is 141 Å². The first-order chi connectivity index (χ1) is 11.6. The van der Waals surface area contributed by atoms with Gasteiger partial charge >= 0.3 is 5.97 Å². The molecular weight excluding hydrogens is 306 g/mol. The lowest BCUT2D eigenvalue weighted by atomic mass is 10.2. The third-order valence-electron chi connectivity index (χ3n) is 3.18. The van der Waals surface area contributed by atoms with Gasteiger partial charge in [0.15, 0.2) is 6.61 Å². The summed E-state index contributed by atoms with van der Waals surface area (Å²) in [7, 11) is 0. The molecule has 5 nitrogen and oxygen atoms in total. The molecule has 0 bridgehead atoms. The molecule has 126 valence electrons. The van der Waals surface area contributed by atoms with Crippen LogP contribution in [0.5, 0.6) is 5.75 Å². The lowest BCUT2D eigenvalue weighted by Gasteiger charge is -2.09. The van der Waals surface area contributed by atoms with E-state index in [0.29, 0.717) is 23.6 Å². The minimum absolute atomic E-state index is 0.103. The van der Waals surface area contributed by atoms with Gasteiger partial charge in [0.05, 0.1) is 12.2 Å². The van der Waals surface area contributed by atoms with E-state index in [2.05, 4.69) is 5.32 Å². The van der Waals surface area contributed by atoms with Gasteiger partial charge in [-0.25, -0.2) is 4.79 Å². The number of benzene rings is 2. The molecule has 0 saturated carbocycles. The first kappa shape index (κ1) is 17.5. The molecular formula is C19H21NO4. The van der Waals surface area contributed by atoms with Gasteiger partial charge in [-0.1, -0.05) is 25.1 Å². The van der Waals surface area contributed by atoms with Crippen molar-refractivity contribution in [2.45, 2.75) is 20.3 Å². The van der Waals surface area contributed by atoms with E-state index in [1.54, 1.807) is 30.3 Å². The number of carbonyl (C=O) groups is 2. The van der Waals surface area contributed by atoms with Gasteiger partial charge in [-0.3, -0.25) is 4.79 Å². The minimum Gasteiger partial charge on any atom is -0.484 e. The maximum absolute atomic E-state index is 12.0. The number of aryl methyl sites for hydroxylation is 1. The molecule has 1 N–H and O–H groups in total. The fourth-order valence-corrected chi connectivity index (χ4v) is 2.05. The van der Waals surface area contributed by atoms with Crippen LogP contribution in [0.3, 0.4) is 0 Å². The Kier molecular flexibility index (Phi) is 6.37. The Morgan fingerprint density at radius 1 is 1.08 bits per heavy atom.